The van der Waals surface area contributed by atoms with Gasteiger partial charge in [-0.1, -0.05) is 30.3 Å². The molecule has 2 atom stereocenters. The molecule has 0 aliphatic carbocycles. The van der Waals surface area contributed by atoms with Crippen LogP contribution in [0.3, 0.4) is 0 Å². The van der Waals surface area contributed by atoms with Gasteiger partial charge in [-0.2, -0.15) is 0 Å². The molecule has 0 aromatic heterocycles. The molecule has 1 aromatic carbocycles. The van der Waals surface area contributed by atoms with Crippen LogP contribution in [0.5, 0.6) is 0 Å². The molecule has 0 aliphatic rings. The molecule has 152 valence electrons. The zero-order chi connectivity index (χ0) is 21.1. The first-order valence-corrected chi connectivity index (χ1v) is 8.63. The fraction of sp³-hybridized carbons (Fsp3) is 0.421. The first-order chi connectivity index (χ1) is 13.2. The van der Waals surface area contributed by atoms with Crippen molar-refractivity contribution in [2.75, 3.05) is 0 Å². The second-order valence-electron chi connectivity index (χ2n) is 6.25. The molecule has 0 spiro atoms. The van der Waals surface area contributed by atoms with Crippen molar-refractivity contribution >= 4 is 29.6 Å². The number of ether oxygens (including phenoxy) is 1. The lowest BCUT2D eigenvalue weighted by Gasteiger charge is -2.19. The van der Waals surface area contributed by atoms with Crippen molar-refractivity contribution in [3.05, 3.63) is 35.9 Å². The molecule has 1 rings (SSSR count). The van der Waals surface area contributed by atoms with E-state index < -0.39 is 54.4 Å². The molecule has 1 aromatic rings. The van der Waals surface area contributed by atoms with Gasteiger partial charge in [0, 0.05) is 6.42 Å². The first-order valence-electron chi connectivity index (χ1n) is 8.63. The van der Waals surface area contributed by atoms with Gasteiger partial charge in [0.05, 0.1) is 24.8 Å². The van der Waals surface area contributed by atoms with E-state index in [1.807, 2.05) is 0 Å². The summed E-state index contributed by atoms with van der Waals surface area (Å²) in [6.07, 6.45) is -1.58. The zero-order valence-corrected chi connectivity index (χ0v) is 15.4. The van der Waals surface area contributed by atoms with Gasteiger partial charge >= 0.3 is 17.9 Å². The molecule has 0 saturated carbocycles. The summed E-state index contributed by atoms with van der Waals surface area (Å²) in [6.45, 7) is 1.17. The van der Waals surface area contributed by atoms with Crippen LogP contribution < -0.4 is 5.32 Å². The number of hydrogen-bond donors (Lipinski definition) is 3. The summed E-state index contributed by atoms with van der Waals surface area (Å²) < 4.78 is 5.07. The number of ketones is 1. The van der Waals surface area contributed by atoms with Crippen LogP contribution in [0.25, 0.3) is 0 Å². The van der Waals surface area contributed by atoms with Gasteiger partial charge in [-0.25, -0.2) is 0 Å². The predicted molar refractivity (Wildman–Crippen MR) is 96.1 cm³/mol. The number of benzene rings is 1. The number of aliphatic carboxylic acids is 2. The minimum absolute atomic E-state index is 0.0181. The molecule has 0 unspecified atom stereocenters. The Hall–Kier alpha value is -3.23. The fourth-order valence-corrected chi connectivity index (χ4v) is 2.40. The predicted octanol–water partition coefficient (Wildman–Crippen LogP) is 1.15. The molecule has 28 heavy (non-hydrogen) atoms. The molecule has 9 nitrogen and oxygen atoms in total. The Bertz CT molecular complexity index is 716. The summed E-state index contributed by atoms with van der Waals surface area (Å²) in [4.78, 5) is 57.7. The molecule has 9 heteroatoms. The number of Topliss-reactive ketones (excluding diaryl/α,β-unsaturated/α-hetero) is 1. The van der Waals surface area contributed by atoms with Crippen molar-refractivity contribution in [2.45, 2.75) is 45.3 Å². The molecule has 0 fully saturated rings. The van der Waals surface area contributed by atoms with Crippen LogP contribution in [0.4, 0.5) is 0 Å². The van der Waals surface area contributed by atoms with Crippen LogP contribution in [-0.2, 0) is 35.3 Å². The van der Waals surface area contributed by atoms with E-state index in [2.05, 4.69) is 5.32 Å². The normalized spacial score (nSPS) is 12.5. The maximum atomic E-state index is 12.4. The second kappa shape index (κ2) is 11.5. The van der Waals surface area contributed by atoms with Crippen molar-refractivity contribution in [1.82, 2.24) is 5.32 Å². The number of carboxylic acid groups (broad SMARTS) is 2. The summed E-state index contributed by atoms with van der Waals surface area (Å²) in [5, 5.41) is 20.0. The molecule has 0 heterocycles. The number of esters is 1. The lowest BCUT2D eigenvalue weighted by Crippen LogP contribution is -2.44. The van der Waals surface area contributed by atoms with Gasteiger partial charge in [-0.05, 0) is 18.9 Å². The average molecular weight is 393 g/mol. The van der Waals surface area contributed by atoms with Gasteiger partial charge in [0.1, 0.15) is 6.61 Å². The Kier molecular flexibility index (Phi) is 9.35. The molecule has 1 amide bonds. The smallest absolute Gasteiger partial charge is 0.306 e. The van der Waals surface area contributed by atoms with Crippen molar-refractivity contribution in [3.8, 4) is 0 Å². The molecule has 0 aliphatic heterocycles. The molecule has 0 radical (unpaired) electrons. The van der Waals surface area contributed by atoms with Crippen LogP contribution in [0, 0.1) is 5.92 Å². The lowest BCUT2D eigenvalue weighted by molar-refractivity contribution is -0.150. The van der Waals surface area contributed by atoms with E-state index in [9.17, 15) is 24.0 Å². The van der Waals surface area contributed by atoms with Gasteiger partial charge < -0.3 is 20.3 Å². The fourth-order valence-electron chi connectivity index (χ4n) is 2.40. The number of hydrogen-bond acceptors (Lipinski definition) is 6. The number of carbonyl (C=O) groups is 5. The highest BCUT2D eigenvalue weighted by molar-refractivity contribution is 5.91. The third-order valence-corrected chi connectivity index (χ3v) is 3.90. The third-order valence-electron chi connectivity index (χ3n) is 3.90. The number of rotatable bonds is 12. The molecular formula is C19H23NO8. The van der Waals surface area contributed by atoms with Gasteiger partial charge in [0.25, 0.3) is 0 Å². The number of nitrogens with one attached hydrogen (secondary N) is 1. The Morgan fingerprint density at radius 2 is 1.64 bits per heavy atom. The highest BCUT2D eigenvalue weighted by Gasteiger charge is 2.28. The van der Waals surface area contributed by atoms with E-state index in [1.165, 1.54) is 6.92 Å². The largest absolute Gasteiger partial charge is 0.481 e. The summed E-state index contributed by atoms with van der Waals surface area (Å²) in [5.41, 5.74) is 0.736. The van der Waals surface area contributed by atoms with Crippen molar-refractivity contribution in [2.24, 2.45) is 5.92 Å². The van der Waals surface area contributed by atoms with Crippen LogP contribution in [0.15, 0.2) is 30.3 Å². The first kappa shape index (κ1) is 22.8. The average Bonchev–Trinajstić information content (AvgIpc) is 2.62. The summed E-state index contributed by atoms with van der Waals surface area (Å²) in [7, 11) is 0. The Morgan fingerprint density at radius 1 is 1.00 bits per heavy atom. The van der Waals surface area contributed by atoms with Crippen molar-refractivity contribution < 1.29 is 38.9 Å². The van der Waals surface area contributed by atoms with Crippen molar-refractivity contribution in [3.63, 3.8) is 0 Å². The van der Waals surface area contributed by atoms with Gasteiger partial charge in [0.15, 0.2) is 5.78 Å². The van der Waals surface area contributed by atoms with Crippen LogP contribution >= 0.6 is 0 Å². The Morgan fingerprint density at radius 3 is 2.18 bits per heavy atom. The maximum absolute atomic E-state index is 12.4. The van der Waals surface area contributed by atoms with Gasteiger partial charge in [-0.15, -0.1) is 0 Å². The zero-order valence-electron chi connectivity index (χ0n) is 15.4. The second-order valence-corrected chi connectivity index (χ2v) is 6.25. The van der Waals surface area contributed by atoms with Crippen LogP contribution in [0.1, 0.15) is 38.2 Å². The topological polar surface area (TPSA) is 147 Å². The van der Waals surface area contributed by atoms with Crippen LogP contribution in [0.2, 0.25) is 0 Å². The van der Waals surface area contributed by atoms with Crippen LogP contribution in [-0.4, -0.2) is 45.9 Å². The summed E-state index contributed by atoms with van der Waals surface area (Å²) >= 11 is 0. The van der Waals surface area contributed by atoms with Gasteiger partial charge in [-0.3, -0.25) is 24.0 Å². The number of carbonyl (C=O) groups excluding carboxylic acids is 3. The minimum atomic E-state index is -1.29. The van der Waals surface area contributed by atoms with E-state index in [4.69, 9.17) is 14.9 Å². The van der Waals surface area contributed by atoms with Crippen molar-refractivity contribution in [1.29, 1.82) is 0 Å². The highest BCUT2D eigenvalue weighted by Crippen LogP contribution is 2.13. The summed E-state index contributed by atoms with van der Waals surface area (Å²) in [6, 6.07) is 7.75. The standard InChI is InChI=1S/C19H23NO8/c1-12(21)15(7-8-16(22)23)20-19(27)14(9-17(24)25)10-18(26)28-11-13-5-3-2-4-6-13/h2-6,14-15H,7-11H2,1H3,(H,20,27)(H,22,23)(H,24,25)/t14-,15+/m1/s1. The quantitative estimate of drug-likeness (QED) is 0.448. The Balaban J connectivity index is 2.69. The number of carboxylic acids is 2. The summed E-state index contributed by atoms with van der Waals surface area (Å²) in [5.74, 6) is -5.70. The lowest BCUT2D eigenvalue weighted by atomic mass is 9.98. The van der Waals surface area contributed by atoms with E-state index in [0.29, 0.717) is 0 Å². The van der Waals surface area contributed by atoms with E-state index in [0.717, 1.165) is 5.56 Å². The SMILES string of the molecule is CC(=O)[C@H](CCC(=O)O)NC(=O)[C@H](CC(=O)O)CC(=O)OCc1ccccc1. The molecule has 0 bridgehead atoms. The maximum Gasteiger partial charge on any atom is 0.306 e. The van der Waals surface area contributed by atoms with E-state index in [1.54, 1.807) is 30.3 Å². The van der Waals surface area contributed by atoms with Gasteiger partial charge in [0.2, 0.25) is 5.91 Å². The molecule has 3 N–H and O–H groups in total. The van der Waals surface area contributed by atoms with E-state index in [-0.39, 0.29) is 19.4 Å². The Labute approximate surface area is 161 Å². The molecular weight excluding hydrogens is 370 g/mol. The molecule has 0 saturated heterocycles. The highest BCUT2D eigenvalue weighted by atomic mass is 16.5. The van der Waals surface area contributed by atoms with E-state index >= 15 is 0 Å². The third kappa shape index (κ3) is 8.93. The number of amides is 1. The minimum Gasteiger partial charge on any atom is -0.481 e. The monoisotopic (exact) mass is 393 g/mol.